The lowest BCUT2D eigenvalue weighted by Crippen LogP contribution is -2.17. The van der Waals surface area contributed by atoms with Crippen LogP contribution in [-0.2, 0) is 9.53 Å². The molecule has 2 N–H and O–H groups in total. The van der Waals surface area contributed by atoms with E-state index in [1.165, 1.54) is 12.3 Å². The number of hydrogen-bond donors (Lipinski definition) is 2. The van der Waals surface area contributed by atoms with Gasteiger partial charge in [0.05, 0.1) is 28.6 Å². The summed E-state index contributed by atoms with van der Waals surface area (Å²) in [5.74, 6) is -1.21. The third-order valence-electron chi connectivity index (χ3n) is 3.83. The van der Waals surface area contributed by atoms with Gasteiger partial charge in [0.25, 0.3) is 5.91 Å². The smallest absolute Gasteiger partial charge is 0.340 e. The molecule has 1 amide bonds. The Kier molecular flexibility index (Phi) is 7.19. The lowest BCUT2D eigenvalue weighted by Gasteiger charge is -2.11. The summed E-state index contributed by atoms with van der Waals surface area (Å²) in [5.41, 5.74) is 2.80. The summed E-state index contributed by atoms with van der Waals surface area (Å²) >= 11 is 6.23. The molecule has 0 atom stereocenters. The van der Waals surface area contributed by atoms with E-state index >= 15 is 0 Å². The van der Waals surface area contributed by atoms with Crippen molar-refractivity contribution in [1.82, 2.24) is 0 Å². The summed E-state index contributed by atoms with van der Waals surface area (Å²) in [6.07, 6.45) is 1.28. The van der Waals surface area contributed by atoms with Gasteiger partial charge < -0.3 is 15.4 Å². The van der Waals surface area contributed by atoms with Crippen LogP contribution in [0.25, 0.3) is 0 Å². The first-order valence-electron chi connectivity index (χ1n) is 8.58. The number of nitrogens with zero attached hydrogens (tertiary/aromatic N) is 1. The molecular weight excluding hydrogens is 378 g/mol. The number of aryl methyl sites for hydroxylation is 2. The Bertz CT molecular complexity index is 954. The zero-order valence-corrected chi connectivity index (χ0v) is 16.6. The molecule has 0 aliphatic carbocycles. The molecule has 0 spiro atoms. The van der Waals surface area contributed by atoms with Crippen LogP contribution in [0.1, 0.15) is 28.4 Å². The molecule has 0 unspecified atom stereocenters. The number of nitrogens with one attached hydrogen (secondary N) is 2. The number of amides is 1. The van der Waals surface area contributed by atoms with Crippen molar-refractivity contribution in [2.75, 3.05) is 17.2 Å². The maximum atomic E-state index is 12.5. The molecule has 0 bridgehead atoms. The highest BCUT2D eigenvalue weighted by molar-refractivity contribution is 6.33. The molecule has 0 saturated heterocycles. The van der Waals surface area contributed by atoms with Crippen molar-refractivity contribution in [3.05, 3.63) is 69.9 Å². The molecule has 0 aliphatic rings. The molecule has 0 saturated carbocycles. The first kappa shape index (κ1) is 21.0. The van der Waals surface area contributed by atoms with Crippen LogP contribution in [0.3, 0.4) is 0 Å². The molecule has 6 nitrogen and oxygen atoms in total. The molecule has 0 aliphatic heterocycles. The van der Waals surface area contributed by atoms with E-state index in [0.717, 1.165) is 11.1 Å². The van der Waals surface area contributed by atoms with Crippen LogP contribution in [0.2, 0.25) is 5.02 Å². The van der Waals surface area contributed by atoms with Crippen LogP contribution in [0.5, 0.6) is 0 Å². The van der Waals surface area contributed by atoms with E-state index < -0.39 is 11.9 Å². The minimum absolute atomic E-state index is 0.172. The molecule has 2 aromatic carbocycles. The van der Waals surface area contributed by atoms with Crippen molar-refractivity contribution < 1.29 is 14.3 Å². The number of benzene rings is 2. The fourth-order valence-corrected chi connectivity index (χ4v) is 2.94. The zero-order chi connectivity index (χ0) is 20.7. The normalized spacial score (nSPS) is 10.8. The van der Waals surface area contributed by atoms with E-state index in [1.54, 1.807) is 31.2 Å². The second-order valence-electron chi connectivity index (χ2n) is 5.97. The van der Waals surface area contributed by atoms with Crippen LogP contribution in [0.15, 0.2) is 48.2 Å². The van der Waals surface area contributed by atoms with Crippen LogP contribution >= 0.6 is 11.6 Å². The lowest BCUT2D eigenvalue weighted by atomic mass is 10.1. The van der Waals surface area contributed by atoms with Crippen molar-refractivity contribution >= 4 is 34.9 Å². The highest BCUT2D eigenvalue weighted by atomic mass is 35.5. The van der Waals surface area contributed by atoms with Gasteiger partial charge >= 0.3 is 5.97 Å². The standard InChI is InChI=1S/C21H20ClN3O3/c1-4-28-21(27)16-7-5-6-8-18(16)25-20(26)15(11-23)12-24-19-14(3)9-13(2)10-17(19)22/h5-10,12,24H,4H2,1-3H3,(H,25,26)/b15-12-. The van der Waals surface area contributed by atoms with Gasteiger partial charge in [-0.2, -0.15) is 5.26 Å². The molecule has 0 radical (unpaired) electrons. The second-order valence-corrected chi connectivity index (χ2v) is 6.38. The topological polar surface area (TPSA) is 91.2 Å². The molecule has 2 rings (SSSR count). The van der Waals surface area contributed by atoms with Gasteiger partial charge in [-0.25, -0.2) is 4.79 Å². The fraction of sp³-hybridized carbons (Fsp3) is 0.190. The largest absolute Gasteiger partial charge is 0.462 e. The Balaban J connectivity index is 2.23. The van der Waals surface area contributed by atoms with Gasteiger partial charge in [0.2, 0.25) is 0 Å². The van der Waals surface area contributed by atoms with Crippen molar-refractivity contribution in [3.8, 4) is 6.07 Å². The first-order valence-corrected chi connectivity index (χ1v) is 8.96. The summed E-state index contributed by atoms with van der Waals surface area (Å²) in [6.45, 7) is 5.70. The van der Waals surface area contributed by atoms with E-state index in [-0.39, 0.29) is 23.4 Å². The number of rotatable bonds is 6. The third-order valence-corrected chi connectivity index (χ3v) is 4.13. The van der Waals surface area contributed by atoms with Gasteiger partial charge in [-0.1, -0.05) is 29.8 Å². The van der Waals surface area contributed by atoms with Gasteiger partial charge in [-0.3, -0.25) is 4.79 Å². The van der Waals surface area contributed by atoms with E-state index in [9.17, 15) is 14.9 Å². The van der Waals surface area contributed by atoms with Crippen LogP contribution in [0, 0.1) is 25.2 Å². The van der Waals surface area contributed by atoms with Crippen LogP contribution < -0.4 is 10.6 Å². The highest BCUT2D eigenvalue weighted by Gasteiger charge is 2.16. The number of halogens is 1. The number of para-hydroxylation sites is 1. The summed E-state index contributed by atoms with van der Waals surface area (Å²) in [6, 6.07) is 12.0. The fourth-order valence-electron chi connectivity index (χ4n) is 2.56. The number of carbonyl (C=O) groups is 2. The number of anilines is 2. The van der Waals surface area contributed by atoms with Crippen molar-refractivity contribution in [2.24, 2.45) is 0 Å². The van der Waals surface area contributed by atoms with Gasteiger partial charge in [-0.15, -0.1) is 0 Å². The van der Waals surface area contributed by atoms with Gasteiger partial charge in [-0.05, 0) is 50.1 Å². The van der Waals surface area contributed by atoms with Crippen molar-refractivity contribution in [3.63, 3.8) is 0 Å². The summed E-state index contributed by atoms with van der Waals surface area (Å²) < 4.78 is 4.98. The van der Waals surface area contributed by atoms with E-state index in [0.29, 0.717) is 10.7 Å². The quantitative estimate of drug-likeness (QED) is 0.422. The minimum Gasteiger partial charge on any atom is -0.462 e. The number of nitriles is 1. The third kappa shape index (κ3) is 5.12. The van der Waals surface area contributed by atoms with Gasteiger partial charge in [0, 0.05) is 6.20 Å². The first-order chi connectivity index (χ1) is 13.4. The Morgan fingerprint density at radius 1 is 1.25 bits per heavy atom. The summed E-state index contributed by atoms with van der Waals surface area (Å²) in [4.78, 5) is 24.5. The lowest BCUT2D eigenvalue weighted by molar-refractivity contribution is -0.112. The van der Waals surface area contributed by atoms with E-state index in [1.807, 2.05) is 26.0 Å². The molecule has 2 aromatic rings. The predicted octanol–water partition coefficient (Wildman–Crippen LogP) is 4.59. The Morgan fingerprint density at radius 3 is 2.61 bits per heavy atom. The maximum Gasteiger partial charge on any atom is 0.340 e. The van der Waals surface area contributed by atoms with E-state index in [4.69, 9.17) is 16.3 Å². The number of esters is 1. The molecule has 0 fully saturated rings. The number of hydrogen-bond acceptors (Lipinski definition) is 5. The predicted molar refractivity (Wildman–Crippen MR) is 109 cm³/mol. The van der Waals surface area contributed by atoms with Gasteiger partial charge in [0.15, 0.2) is 0 Å². The minimum atomic E-state index is -0.660. The molecule has 0 heterocycles. The number of carbonyl (C=O) groups excluding carboxylic acids is 2. The molecule has 0 aromatic heterocycles. The van der Waals surface area contributed by atoms with Crippen LogP contribution in [0.4, 0.5) is 11.4 Å². The Morgan fingerprint density at radius 2 is 1.96 bits per heavy atom. The highest BCUT2D eigenvalue weighted by Crippen LogP contribution is 2.27. The SMILES string of the molecule is CCOC(=O)c1ccccc1NC(=O)/C(C#N)=C\Nc1c(C)cc(C)cc1Cl. The van der Waals surface area contributed by atoms with E-state index in [2.05, 4.69) is 10.6 Å². The Hall–Kier alpha value is -3.30. The zero-order valence-electron chi connectivity index (χ0n) is 15.8. The summed E-state index contributed by atoms with van der Waals surface area (Å²) in [7, 11) is 0. The van der Waals surface area contributed by atoms with Crippen LogP contribution in [-0.4, -0.2) is 18.5 Å². The molecule has 144 valence electrons. The molecule has 7 heteroatoms. The average Bonchev–Trinajstić information content (AvgIpc) is 2.64. The van der Waals surface area contributed by atoms with Gasteiger partial charge in [0.1, 0.15) is 11.6 Å². The van der Waals surface area contributed by atoms with Crippen molar-refractivity contribution in [1.29, 1.82) is 5.26 Å². The Labute approximate surface area is 168 Å². The number of ether oxygens (including phenoxy) is 1. The maximum absolute atomic E-state index is 12.5. The second kappa shape index (κ2) is 9.58. The molecule has 28 heavy (non-hydrogen) atoms. The molecular formula is C21H20ClN3O3. The average molecular weight is 398 g/mol. The monoisotopic (exact) mass is 397 g/mol. The summed E-state index contributed by atoms with van der Waals surface area (Å²) in [5, 5.41) is 15.3. The van der Waals surface area contributed by atoms with Crippen molar-refractivity contribution in [2.45, 2.75) is 20.8 Å².